The Bertz CT molecular complexity index is 587. The fourth-order valence-corrected chi connectivity index (χ4v) is 2.16. The first-order valence-electron chi connectivity index (χ1n) is 6.99. The molecule has 2 rings (SSSR count). The molecule has 0 aliphatic heterocycles. The molecule has 0 saturated heterocycles. The van der Waals surface area contributed by atoms with Gasteiger partial charge in [-0.1, -0.05) is 25.5 Å². The van der Waals surface area contributed by atoms with Crippen LogP contribution in [0.3, 0.4) is 0 Å². The second-order valence-corrected chi connectivity index (χ2v) is 5.58. The van der Waals surface area contributed by atoms with Crippen LogP contribution in [0, 0.1) is 12.8 Å². The number of nitrogen functional groups attached to an aromatic ring is 1. The lowest BCUT2D eigenvalue weighted by Crippen LogP contribution is -2.02. The van der Waals surface area contributed by atoms with E-state index in [0.29, 0.717) is 11.6 Å². The van der Waals surface area contributed by atoms with Gasteiger partial charge in [-0.3, -0.25) is 4.68 Å². The smallest absolute Gasteiger partial charge is 0.128 e. The summed E-state index contributed by atoms with van der Waals surface area (Å²) in [7, 11) is 1.67. The number of aromatic nitrogens is 2. The van der Waals surface area contributed by atoms with Crippen molar-refractivity contribution in [3.05, 3.63) is 30.0 Å². The maximum absolute atomic E-state index is 6.11. The fourth-order valence-electron chi connectivity index (χ4n) is 2.16. The van der Waals surface area contributed by atoms with Gasteiger partial charge in [-0.2, -0.15) is 5.10 Å². The molecule has 1 aromatic heterocycles. The minimum atomic E-state index is 0.650. The number of ether oxygens (including phenoxy) is 1. The zero-order valence-electron chi connectivity index (χ0n) is 12.7. The molecule has 1 heterocycles. The highest BCUT2D eigenvalue weighted by Crippen LogP contribution is 2.33. The lowest BCUT2D eigenvalue weighted by molar-refractivity contribution is 0.416. The van der Waals surface area contributed by atoms with E-state index in [4.69, 9.17) is 10.5 Å². The van der Waals surface area contributed by atoms with Gasteiger partial charge in [0.2, 0.25) is 0 Å². The summed E-state index contributed by atoms with van der Waals surface area (Å²) in [5, 5.41) is 4.61. The summed E-state index contributed by atoms with van der Waals surface area (Å²) < 4.78 is 7.34. The number of anilines is 1. The van der Waals surface area contributed by atoms with Crippen molar-refractivity contribution in [2.45, 2.75) is 33.7 Å². The summed E-state index contributed by atoms with van der Waals surface area (Å²) in [6.07, 6.45) is 2.99. The van der Waals surface area contributed by atoms with Crippen LogP contribution in [-0.4, -0.2) is 16.9 Å². The Morgan fingerprint density at radius 2 is 2.10 bits per heavy atom. The van der Waals surface area contributed by atoms with E-state index in [1.807, 2.05) is 23.0 Å². The van der Waals surface area contributed by atoms with E-state index in [0.717, 1.165) is 35.5 Å². The van der Waals surface area contributed by atoms with Crippen molar-refractivity contribution in [2.24, 2.45) is 5.92 Å². The fraction of sp³-hybridized carbons (Fsp3) is 0.438. The average molecular weight is 273 g/mol. The maximum atomic E-state index is 6.11. The molecule has 0 spiro atoms. The SMILES string of the molecule is COc1ccc(C)cc1-c1nn(CCC(C)C)cc1N. The summed E-state index contributed by atoms with van der Waals surface area (Å²) in [5.41, 5.74) is 9.72. The summed E-state index contributed by atoms with van der Waals surface area (Å²) in [4.78, 5) is 0. The van der Waals surface area contributed by atoms with Gasteiger partial charge in [0, 0.05) is 18.3 Å². The van der Waals surface area contributed by atoms with Crippen molar-refractivity contribution in [1.29, 1.82) is 0 Å². The van der Waals surface area contributed by atoms with Crippen LogP contribution in [0.4, 0.5) is 5.69 Å². The third-order valence-electron chi connectivity index (χ3n) is 3.34. The lowest BCUT2D eigenvalue weighted by Gasteiger charge is -2.08. The van der Waals surface area contributed by atoms with Gasteiger partial charge in [0.1, 0.15) is 11.4 Å². The molecule has 0 amide bonds. The van der Waals surface area contributed by atoms with Crippen molar-refractivity contribution >= 4 is 5.69 Å². The Balaban J connectivity index is 2.35. The predicted octanol–water partition coefficient (Wildman–Crippen LogP) is 3.50. The maximum Gasteiger partial charge on any atom is 0.128 e. The Kier molecular flexibility index (Phi) is 4.32. The Hall–Kier alpha value is -1.97. The van der Waals surface area contributed by atoms with Crippen molar-refractivity contribution < 1.29 is 4.74 Å². The number of nitrogens with two attached hydrogens (primary N) is 1. The largest absolute Gasteiger partial charge is 0.496 e. The molecule has 4 heteroatoms. The molecular formula is C16H23N3O. The molecule has 0 radical (unpaired) electrons. The number of hydrogen-bond donors (Lipinski definition) is 1. The monoisotopic (exact) mass is 273 g/mol. The molecule has 4 nitrogen and oxygen atoms in total. The minimum Gasteiger partial charge on any atom is -0.496 e. The first-order valence-corrected chi connectivity index (χ1v) is 6.99. The molecule has 0 fully saturated rings. The highest BCUT2D eigenvalue weighted by molar-refractivity contribution is 5.77. The van der Waals surface area contributed by atoms with Gasteiger partial charge in [0.05, 0.1) is 12.8 Å². The van der Waals surface area contributed by atoms with E-state index in [2.05, 4.69) is 31.9 Å². The standard InChI is InChI=1S/C16H23N3O/c1-11(2)7-8-19-10-14(17)16(18-19)13-9-12(3)5-6-15(13)20-4/h5-6,9-11H,7-8,17H2,1-4H3. The molecule has 0 atom stereocenters. The van der Waals surface area contributed by atoms with E-state index in [1.165, 1.54) is 0 Å². The van der Waals surface area contributed by atoms with E-state index in [-0.39, 0.29) is 0 Å². The molecule has 2 aromatic rings. The van der Waals surface area contributed by atoms with Crippen LogP contribution in [0.25, 0.3) is 11.3 Å². The van der Waals surface area contributed by atoms with E-state index in [1.54, 1.807) is 7.11 Å². The number of rotatable bonds is 5. The van der Waals surface area contributed by atoms with Gasteiger partial charge in [0.15, 0.2) is 0 Å². The first kappa shape index (κ1) is 14.4. The Labute approximate surface area is 120 Å². The molecule has 0 saturated carbocycles. The topological polar surface area (TPSA) is 53.1 Å². The van der Waals surface area contributed by atoms with Crippen molar-refractivity contribution in [3.63, 3.8) is 0 Å². The van der Waals surface area contributed by atoms with Gasteiger partial charge in [-0.15, -0.1) is 0 Å². The predicted molar refractivity (Wildman–Crippen MR) is 82.8 cm³/mol. The molecule has 1 aromatic carbocycles. The average Bonchev–Trinajstić information content (AvgIpc) is 2.77. The molecule has 20 heavy (non-hydrogen) atoms. The number of benzene rings is 1. The van der Waals surface area contributed by atoms with Crippen molar-refractivity contribution in [1.82, 2.24) is 9.78 Å². The Morgan fingerprint density at radius 3 is 2.75 bits per heavy atom. The normalized spacial score (nSPS) is 11.1. The van der Waals surface area contributed by atoms with Gasteiger partial charge >= 0.3 is 0 Å². The molecule has 108 valence electrons. The van der Waals surface area contributed by atoms with Crippen LogP contribution in [0.5, 0.6) is 5.75 Å². The number of methoxy groups -OCH3 is 1. The lowest BCUT2D eigenvalue weighted by atomic mass is 10.1. The summed E-state index contributed by atoms with van der Waals surface area (Å²) in [6.45, 7) is 7.35. The van der Waals surface area contributed by atoms with Gasteiger partial charge < -0.3 is 10.5 Å². The summed E-state index contributed by atoms with van der Waals surface area (Å²) in [5.74, 6) is 1.45. The zero-order chi connectivity index (χ0) is 14.7. The highest BCUT2D eigenvalue weighted by Gasteiger charge is 2.13. The molecule has 0 aliphatic carbocycles. The third-order valence-corrected chi connectivity index (χ3v) is 3.34. The van der Waals surface area contributed by atoms with Crippen molar-refractivity contribution in [2.75, 3.05) is 12.8 Å². The number of hydrogen-bond acceptors (Lipinski definition) is 3. The van der Waals surface area contributed by atoms with Gasteiger partial charge in [-0.05, 0) is 31.4 Å². The van der Waals surface area contributed by atoms with Crippen molar-refractivity contribution in [3.8, 4) is 17.0 Å². The van der Waals surface area contributed by atoms with Gasteiger partial charge in [-0.25, -0.2) is 0 Å². The molecule has 0 aliphatic rings. The number of aryl methyl sites for hydroxylation is 2. The van der Waals surface area contributed by atoms with E-state index < -0.39 is 0 Å². The van der Waals surface area contributed by atoms with Crippen LogP contribution in [0.15, 0.2) is 24.4 Å². The Morgan fingerprint density at radius 1 is 1.35 bits per heavy atom. The van der Waals surface area contributed by atoms with Crippen LogP contribution >= 0.6 is 0 Å². The second-order valence-electron chi connectivity index (χ2n) is 5.58. The summed E-state index contributed by atoms with van der Waals surface area (Å²) in [6, 6.07) is 6.04. The zero-order valence-corrected chi connectivity index (χ0v) is 12.7. The molecular weight excluding hydrogens is 250 g/mol. The summed E-state index contributed by atoms with van der Waals surface area (Å²) >= 11 is 0. The van der Waals surface area contributed by atoms with E-state index in [9.17, 15) is 0 Å². The molecule has 2 N–H and O–H groups in total. The quantitative estimate of drug-likeness (QED) is 0.907. The van der Waals surface area contributed by atoms with E-state index >= 15 is 0 Å². The van der Waals surface area contributed by atoms with Crippen LogP contribution in [-0.2, 0) is 6.54 Å². The second kappa shape index (κ2) is 5.99. The highest BCUT2D eigenvalue weighted by atomic mass is 16.5. The molecule has 0 unspecified atom stereocenters. The first-order chi connectivity index (χ1) is 9.51. The third kappa shape index (κ3) is 3.13. The van der Waals surface area contributed by atoms with Gasteiger partial charge in [0.25, 0.3) is 0 Å². The van der Waals surface area contributed by atoms with Crippen LogP contribution in [0.1, 0.15) is 25.8 Å². The number of nitrogens with zero attached hydrogens (tertiary/aromatic N) is 2. The van der Waals surface area contributed by atoms with Crippen LogP contribution in [0.2, 0.25) is 0 Å². The molecule has 0 bridgehead atoms. The van der Waals surface area contributed by atoms with Crippen LogP contribution < -0.4 is 10.5 Å². The minimum absolute atomic E-state index is 0.650.